The molecule has 1 N–H and O–H groups in total. The van der Waals surface area contributed by atoms with Crippen LogP contribution in [0.5, 0.6) is 0 Å². The number of hydrogen-bond acceptors (Lipinski definition) is 5. The molecular weight excluding hydrogens is 310 g/mol. The highest BCUT2D eigenvalue weighted by atomic mass is 19.3. The van der Waals surface area contributed by atoms with Gasteiger partial charge in [-0.2, -0.15) is 8.78 Å². The predicted octanol–water partition coefficient (Wildman–Crippen LogP) is 1.50. The SMILES string of the molecule is O=C(Cn1ccc(-c2nnc(C(F)F)o2)cc1=O)NC1CCC1. The van der Waals surface area contributed by atoms with Crippen LogP contribution in [0.15, 0.2) is 27.5 Å². The molecule has 0 unspecified atom stereocenters. The Hall–Kier alpha value is -2.58. The van der Waals surface area contributed by atoms with Crippen LogP contribution < -0.4 is 10.9 Å². The second-order valence-corrected chi connectivity index (χ2v) is 5.32. The van der Waals surface area contributed by atoms with Crippen LogP contribution in [0.4, 0.5) is 8.78 Å². The van der Waals surface area contributed by atoms with Gasteiger partial charge in [0.2, 0.25) is 11.8 Å². The molecule has 0 atom stereocenters. The summed E-state index contributed by atoms with van der Waals surface area (Å²) < 4.78 is 30.8. The van der Waals surface area contributed by atoms with Crippen LogP contribution >= 0.6 is 0 Å². The van der Waals surface area contributed by atoms with E-state index in [1.807, 2.05) is 0 Å². The number of rotatable bonds is 5. The van der Waals surface area contributed by atoms with E-state index in [0.717, 1.165) is 19.3 Å². The third kappa shape index (κ3) is 3.43. The van der Waals surface area contributed by atoms with Gasteiger partial charge in [-0.25, -0.2) is 0 Å². The minimum atomic E-state index is -2.87. The molecule has 0 bridgehead atoms. The van der Waals surface area contributed by atoms with Crippen molar-refractivity contribution in [2.45, 2.75) is 38.3 Å². The molecular formula is C14H14F2N4O3. The van der Waals surface area contributed by atoms with Crippen LogP contribution in [0.1, 0.15) is 31.6 Å². The molecule has 1 aliphatic carbocycles. The lowest BCUT2D eigenvalue weighted by atomic mass is 9.93. The lowest BCUT2D eigenvalue weighted by molar-refractivity contribution is -0.122. The number of nitrogens with zero attached hydrogens (tertiary/aromatic N) is 3. The molecule has 2 aromatic rings. The van der Waals surface area contributed by atoms with E-state index in [2.05, 4.69) is 15.5 Å². The van der Waals surface area contributed by atoms with Crippen LogP contribution in [0.2, 0.25) is 0 Å². The molecule has 122 valence electrons. The van der Waals surface area contributed by atoms with Crippen LogP contribution in [0.25, 0.3) is 11.5 Å². The Bertz CT molecular complexity index is 767. The average Bonchev–Trinajstić information content (AvgIpc) is 2.95. The molecule has 7 nitrogen and oxygen atoms in total. The Balaban J connectivity index is 1.72. The maximum atomic E-state index is 12.4. The maximum Gasteiger partial charge on any atom is 0.314 e. The molecule has 0 saturated heterocycles. The zero-order valence-corrected chi connectivity index (χ0v) is 12.0. The molecule has 1 amide bonds. The van der Waals surface area contributed by atoms with Crippen molar-refractivity contribution in [3.63, 3.8) is 0 Å². The largest absolute Gasteiger partial charge is 0.415 e. The summed E-state index contributed by atoms with van der Waals surface area (Å²) in [5, 5.41) is 9.51. The summed E-state index contributed by atoms with van der Waals surface area (Å²) in [6, 6.07) is 2.82. The van der Waals surface area contributed by atoms with Crippen molar-refractivity contribution in [3.05, 3.63) is 34.6 Å². The fourth-order valence-electron chi connectivity index (χ4n) is 2.19. The van der Waals surface area contributed by atoms with Crippen LogP contribution in [0, 0.1) is 0 Å². The summed E-state index contributed by atoms with van der Waals surface area (Å²) >= 11 is 0. The van der Waals surface area contributed by atoms with Gasteiger partial charge in [0.1, 0.15) is 6.54 Å². The molecule has 0 aliphatic heterocycles. The summed E-state index contributed by atoms with van der Waals surface area (Å²) in [6.07, 6.45) is 1.55. The number of halogens is 2. The summed E-state index contributed by atoms with van der Waals surface area (Å²) in [5.41, 5.74) is -0.229. The zero-order chi connectivity index (χ0) is 16.4. The van der Waals surface area contributed by atoms with Crippen LogP contribution in [-0.2, 0) is 11.3 Å². The second-order valence-electron chi connectivity index (χ2n) is 5.32. The van der Waals surface area contributed by atoms with Gasteiger partial charge in [0.05, 0.1) is 0 Å². The standard InChI is InChI=1S/C14H14F2N4O3/c15-12(16)14-19-18-13(23-14)8-4-5-20(11(22)6-8)7-10(21)17-9-2-1-3-9/h4-6,9,12H,1-3,7H2,(H,17,21). The molecule has 1 saturated carbocycles. The molecule has 0 radical (unpaired) electrons. The molecule has 0 spiro atoms. The van der Waals surface area contributed by atoms with Crippen LogP contribution in [-0.4, -0.2) is 26.7 Å². The molecule has 1 aliphatic rings. The van der Waals surface area contributed by atoms with Gasteiger partial charge < -0.3 is 14.3 Å². The number of amides is 1. The third-order valence-corrected chi connectivity index (χ3v) is 3.65. The zero-order valence-electron chi connectivity index (χ0n) is 12.0. The predicted molar refractivity (Wildman–Crippen MR) is 74.7 cm³/mol. The van der Waals surface area contributed by atoms with Gasteiger partial charge in [0.25, 0.3) is 11.4 Å². The van der Waals surface area contributed by atoms with E-state index < -0.39 is 17.9 Å². The number of carbonyl (C=O) groups excluding carboxylic acids is 1. The summed E-state index contributed by atoms with van der Waals surface area (Å²) in [7, 11) is 0. The van der Waals surface area contributed by atoms with E-state index in [1.165, 1.54) is 22.9 Å². The van der Waals surface area contributed by atoms with Crippen molar-refractivity contribution in [2.75, 3.05) is 0 Å². The highest BCUT2D eigenvalue weighted by Crippen LogP contribution is 2.22. The van der Waals surface area contributed by atoms with Crippen molar-refractivity contribution >= 4 is 5.91 Å². The summed E-state index contributed by atoms with van der Waals surface area (Å²) in [6.45, 7) is -0.0955. The molecule has 23 heavy (non-hydrogen) atoms. The van der Waals surface area contributed by atoms with E-state index in [1.54, 1.807) is 0 Å². The van der Waals surface area contributed by atoms with E-state index in [9.17, 15) is 18.4 Å². The van der Waals surface area contributed by atoms with Gasteiger partial charge in [-0.05, 0) is 25.3 Å². The monoisotopic (exact) mass is 324 g/mol. The first-order valence-electron chi connectivity index (χ1n) is 7.14. The summed E-state index contributed by atoms with van der Waals surface area (Å²) in [4.78, 5) is 23.8. The topological polar surface area (TPSA) is 90.0 Å². The number of hydrogen-bond donors (Lipinski definition) is 1. The number of alkyl halides is 2. The van der Waals surface area contributed by atoms with Crippen molar-refractivity contribution in [1.29, 1.82) is 0 Å². The number of aromatic nitrogens is 3. The first-order chi connectivity index (χ1) is 11.0. The van der Waals surface area contributed by atoms with Crippen molar-refractivity contribution in [2.24, 2.45) is 0 Å². The smallest absolute Gasteiger partial charge is 0.314 e. The lowest BCUT2D eigenvalue weighted by Crippen LogP contribution is -2.42. The molecule has 0 aromatic carbocycles. The fourth-order valence-corrected chi connectivity index (χ4v) is 2.19. The Morgan fingerprint density at radius 3 is 2.78 bits per heavy atom. The fraction of sp³-hybridized carbons (Fsp3) is 0.429. The van der Waals surface area contributed by atoms with E-state index in [4.69, 9.17) is 4.42 Å². The molecule has 2 heterocycles. The summed E-state index contributed by atoms with van der Waals surface area (Å²) in [5.74, 6) is -1.20. The minimum Gasteiger partial charge on any atom is -0.415 e. The third-order valence-electron chi connectivity index (χ3n) is 3.65. The molecule has 3 rings (SSSR count). The number of pyridine rings is 1. The normalized spacial score (nSPS) is 14.7. The van der Waals surface area contributed by atoms with Gasteiger partial charge in [-0.1, -0.05) is 0 Å². The highest BCUT2D eigenvalue weighted by molar-refractivity contribution is 5.76. The first kappa shape index (κ1) is 15.3. The van der Waals surface area contributed by atoms with E-state index in [-0.39, 0.29) is 29.9 Å². The van der Waals surface area contributed by atoms with Gasteiger partial charge in [-0.15, -0.1) is 10.2 Å². The van der Waals surface area contributed by atoms with E-state index in [0.29, 0.717) is 0 Å². The van der Waals surface area contributed by atoms with Gasteiger partial charge in [-0.3, -0.25) is 9.59 Å². The van der Waals surface area contributed by atoms with Crippen molar-refractivity contribution < 1.29 is 18.0 Å². The Morgan fingerprint density at radius 1 is 1.43 bits per heavy atom. The lowest BCUT2D eigenvalue weighted by Gasteiger charge is -2.26. The first-order valence-corrected chi connectivity index (χ1v) is 7.14. The minimum absolute atomic E-state index is 0.0955. The van der Waals surface area contributed by atoms with Gasteiger partial charge in [0, 0.05) is 23.9 Å². The Kier molecular flexibility index (Phi) is 4.18. The molecule has 1 fully saturated rings. The number of carbonyl (C=O) groups is 1. The average molecular weight is 324 g/mol. The van der Waals surface area contributed by atoms with Crippen LogP contribution in [0.3, 0.4) is 0 Å². The highest BCUT2D eigenvalue weighted by Gasteiger charge is 2.20. The number of nitrogens with one attached hydrogen (secondary N) is 1. The maximum absolute atomic E-state index is 12.4. The Morgan fingerprint density at radius 2 is 2.22 bits per heavy atom. The van der Waals surface area contributed by atoms with Crippen molar-refractivity contribution in [1.82, 2.24) is 20.1 Å². The molecule has 9 heteroatoms. The van der Waals surface area contributed by atoms with Gasteiger partial charge in [0.15, 0.2) is 0 Å². The quantitative estimate of drug-likeness (QED) is 0.900. The Labute approximate surface area is 129 Å². The van der Waals surface area contributed by atoms with E-state index >= 15 is 0 Å². The van der Waals surface area contributed by atoms with Gasteiger partial charge >= 0.3 is 6.43 Å². The molecule has 2 aromatic heterocycles. The van der Waals surface area contributed by atoms with Crippen molar-refractivity contribution in [3.8, 4) is 11.5 Å². The second kappa shape index (κ2) is 6.27.